The van der Waals surface area contributed by atoms with Gasteiger partial charge in [-0.15, -0.1) is 0 Å². The van der Waals surface area contributed by atoms with Gasteiger partial charge < -0.3 is 5.32 Å². The third kappa shape index (κ3) is 3.21. The van der Waals surface area contributed by atoms with Gasteiger partial charge in [-0.3, -0.25) is 4.68 Å². The average Bonchev–Trinajstić information content (AvgIpc) is 2.67. The molecule has 1 aromatic carbocycles. The van der Waals surface area contributed by atoms with Crippen LogP contribution in [0.5, 0.6) is 0 Å². The summed E-state index contributed by atoms with van der Waals surface area (Å²) in [5, 5.41) is 7.87. The molecule has 17 heavy (non-hydrogen) atoms. The number of hydrogen-bond donors (Lipinski definition) is 1. The first kappa shape index (κ1) is 12.4. The lowest BCUT2D eigenvalue weighted by molar-refractivity contribution is 0.746. The van der Waals surface area contributed by atoms with Crippen molar-refractivity contribution in [3.63, 3.8) is 0 Å². The Hall–Kier alpha value is -1.04. The van der Waals surface area contributed by atoms with Crippen LogP contribution in [0.3, 0.4) is 0 Å². The summed E-state index contributed by atoms with van der Waals surface area (Å²) >= 11 is 2.32. The zero-order valence-corrected chi connectivity index (χ0v) is 12.2. The first-order valence-electron chi connectivity index (χ1n) is 5.70. The Morgan fingerprint density at radius 3 is 2.94 bits per heavy atom. The number of anilines is 1. The monoisotopic (exact) mass is 341 g/mol. The summed E-state index contributed by atoms with van der Waals surface area (Å²) in [5.74, 6) is 0. The molecule has 0 bridgehead atoms. The molecule has 0 aliphatic carbocycles. The van der Waals surface area contributed by atoms with Gasteiger partial charge in [-0.05, 0) is 47.2 Å². The quantitative estimate of drug-likeness (QED) is 0.866. The number of nitrogens with zero attached hydrogens (tertiary/aromatic N) is 2. The van der Waals surface area contributed by atoms with Crippen molar-refractivity contribution in [2.45, 2.75) is 19.9 Å². The van der Waals surface area contributed by atoms with Gasteiger partial charge in [0.05, 0.1) is 5.69 Å². The topological polar surface area (TPSA) is 29.9 Å². The molecule has 0 saturated heterocycles. The third-order valence-electron chi connectivity index (χ3n) is 2.63. The Morgan fingerprint density at radius 2 is 2.24 bits per heavy atom. The molecule has 1 N–H and O–H groups in total. The van der Waals surface area contributed by atoms with Gasteiger partial charge in [0, 0.05) is 34.6 Å². The minimum absolute atomic E-state index is 0.830. The molecule has 2 rings (SSSR count). The molecular formula is C13H16IN3. The van der Waals surface area contributed by atoms with Crippen LogP contribution in [0, 0.1) is 3.57 Å². The minimum atomic E-state index is 0.830. The third-order valence-corrected chi connectivity index (χ3v) is 3.31. The molecule has 90 valence electrons. The van der Waals surface area contributed by atoms with Gasteiger partial charge in [0.2, 0.25) is 0 Å². The van der Waals surface area contributed by atoms with E-state index >= 15 is 0 Å². The zero-order valence-electron chi connectivity index (χ0n) is 10.1. The van der Waals surface area contributed by atoms with Crippen molar-refractivity contribution >= 4 is 28.3 Å². The van der Waals surface area contributed by atoms with Crippen molar-refractivity contribution in [3.05, 3.63) is 45.3 Å². The molecular weight excluding hydrogens is 325 g/mol. The maximum Gasteiger partial charge on any atom is 0.0671 e. The Balaban J connectivity index is 2.06. The molecule has 0 atom stereocenters. The number of hydrogen-bond acceptors (Lipinski definition) is 2. The summed E-state index contributed by atoms with van der Waals surface area (Å²) in [7, 11) is 1.97. The smallest absolute Gasteiger partial charge is 0.0671 e. The highest BCUT2D eigenvalue weighted by Crippen LogP contribution is 2.15. The predicted molar refractivity (Wildman–Crippen MR) is 79.1 cm³/mol. The first-order chi connectivity index (χ1) is 8.19. The van der Waals surface area contributed by atoms with Crippen molar-refractivity contribution in [3.8, 4) is 0 Å². The number of benzene rings is 1. The number of nitrogens with one attached hydrogen (secondary N) is 1. The number of aryl methyl sites for hydroxylation is 2. The second-order valence-corrected chi connectivity index (χ2v) is 5.24. The molecule has 0 radical (unpaired) electrons. The Kier molecular flexibility index (Phi) is 4.04. The summed E-state index contributed by atoms with van der Waals surface area (Å²) in [6, 6.07) is 8.38. The van der Waals surface area contributed by atoms with Crippen molar-refractivity contribution in [1.29, 1.82) is 0 Å². The van der Waals surface area contributed by atoms with Crippen LogP contribution < -0.4 is 5.32 Å². The lowest BCUT2D eigenvalue weighted by Crippen LogP contribution is -2.01. The van der Waals surface area contributed by atoms with E-state index < -0.39 is 0 Å². The van der Waals surface area contributed by atoms with Crippen molar-refractivity contribution < 1.29 is 0 Å². The van der Waals surface area contributed by atoms with E-state index in [1.165, 1.54) is 14.8 Å². The summed E-state index contributed by atoms with van der Waals surface area (Å²) in [6.07, 6.45) is 3.06. The van der Waals surface area contributed by atoms with Crippen LogP contribution in [0.4, 0.5) is 5.69 Å². The summed E-state index contributed by atoms with van der Waals surface area (Å²) in [4.78, 5) is 0. The summed E-state index contributed by atoms with van der Waals surface area (Å²) in [6.45, 7) is 2.97. The van der Waals surface area contributed by atoms with Crippen LogP contribution in [0.1, 0.15) is 18.2 Å². The zero-order chi connectivity index (χ0) is 12.3. The van der Waals surface area contributed by atoms with Crippen LogP contribution in [0.2, 0.25) is 0 Å². The summed E-state index contributed by atoms with van der Waals surface area (Å²) in [5.41, 5.74) is 3.60. The highest BCUT2D eigenvalue weighted by molar-refractivity contribution is 14.1. The van der Waals surface area contributed by atoms with Gasteiger partial charge in [0.15, 0.2) is 0 Å². The molecule has 4 heteroatoms. The number of rotatable bonds is 4. The normalized spacial score (nSPS) is 10.5. The molecule has 0 unspecified atom stereocenters. The second kappa shape index (κ2) is 5.53. The highest BCUT2D eigenvalue weighted by atomic mass is 127. The molecule has 0 fully saturated rings. The Bertz CT molecular complexity index is 505. The van der Waals surface area contributed by atoms with Crippen LogP contribution in [-0.4, -0.2) is 9.78 Å². The maximum absolute atomic E-state index is 4.43. The SMILES string of the molecule is CCc1nn(C)cc1CNc1cccc(I)c1. The van der Waals surface area contributed by atoms with Gasteiger partial charge in [-0.2, -0.15) is 5.10 Å². The molecule has 1 aromatic heterocycles. The van der Waals surface area contributed by atoms with Crippen LogP contribution in [-0.2, 0) is 20.0 Å². The Labute approximate surface area is 115 Å². The molecule has 2 aromatic rings. The fourth-order valence-electron chi connectivity index (χ4n) is 1.82. The van der Waals surface area contributed by atoms with Gasteiger partial charge in [0.1, 0.15) is 0 Å². The molecule has 1 heterocycles. The van der Waals surface area contributed by atoms with E-state index in [0.29, 0.717) is 0 Å². The molecule has 3 nitrogen and oxygen atoms in total. The lowest BCUT2D eigenvalue weighted by atomic mass is 10.2. The van der Waals surface area contributed by atoms with Crippen molar-refractivity contribution in [1.82, 2.24) is 9.78 Å². The van der Waals surface area contributed by atoms with E-state index in [1.807, 2.05) is 11.7 Å². The van der Waals surface area contributed by atoms with Gasteiger partial charge in [0.25, 0.3) is 0 Å². The maximum atomic E-state index is 4.43. The number of halogens is 1. The fraction of sp³-hybridized carbons (Fsp3) is 0.308. The van der Waals surface area contributed by atoms with Crippen LogP contribution >= 0.6 is 22.6 Å². The van der Waals surface area contributed by atoms with Crippen molar-refractivity contribution in [2.24, 2.45) is 7.05 Å². The van der Waals surface area contributed by atoms with Crippen molar-refractivity contribution in [2.75, 3.05) is 5.32 Å². The van der Waals surface area contributed by atoms with E-state index in [2.05, 4.69) is 70.4 Å². The minimum Gasteiger partial charge on any atom is -0.381 e. The predicted octanol–water partition coefficient (Wildman–Crippen LogP) is 3.20. The number of aromatic nitrogens is 2. The van der Waals surface area contributed by atoms with E-state index in [-0.39, 0.29) is 0 Å². The standard InChI is InChI=1S/C13H16IN3/c1-3-13-10(9-17(2)16-13)8-15-12-6-4-5-11(14)7-12/h4-7,9,15H,3,8H2,1-2H3. The molecule has 0 spiro atoms. The largest absolute Gasteiger partial charge is 0.381 e. The highest BCUT2D eigenvalue weighted by Gasteiger charge is 2.05. The van der Waals surface area contributed by atoms with Gasteiger partial charge in [-0.25, -0.2) is 0 Å². The van der Waals surface area contributed by atoms with Crippen LogP contribution in [0.15, 0.2) is 30.5 Å². The molecule has 0 saturated carbocycles. The van der Waals surface area contributed by atoms with Crippen LogP contribution in [0.25, 0.3) is 0 Å². The fourth-order valence-corrected chi connectivity index (χ4v) is 2.37. The first-order valence-corrected chi connectivity index (χ1v) is 6.77. The second-order valence-electron chi connectivity index (χ2n) is 3.99. The van der Waals surface area contributed by atoms with E-state index in [9.17, 15) is 0 Å². The molecule has 0 aliphatic heterocycles. The molecule has 0 aliphatic rings. The van der Waals surface area contributed by atoms with E-state index in [0.717, 1.165) is 18.7 Å². The van der Waals surface area contributed by atoms with E-state index in [4.69, 9.17) is 0 Å². The average molecular weight is 341 g/mol. The lowest BCUT2D eigenvalue weighted by Gasteiger charge is -2.06. The molecule has 0 amide bonds. The van der Waals surface area contributed by atoms with Gasteiger partial charge in [-0.1, -0.05) is 13.0 Å². The van der Waals surface area contributed by atoms with Gasteiger partial charge >= 0.3 is 0 Å². The summed E-state index contributed by atoms with van der Waals surface area (Å²) < 4.78 is 3.12. The Morgan fingerprint density at radius 1 is 1.41 bits per heavy atom. The van der Waals surface area contributed by atoms with E-state index in [1.54, 1.807) is 0 Å².